The number of fused-ring (bicyclic) bond motifs is 1. The van der Waals surface area contributed by atoms with Crippen molar-refractivity contribution in [3.63, 3.8) is 0 Å². The third-order valence-electron chi connectivity index (χ3n) is 6.11. The normalized spacial score (nSPS) is 12.6. The van der Waals surface area contributed by atoms with Gasteiger partial charge in [0, 0.05) is 29.9 Å². The Morgan fingerprint density at radius 1 is 0.973 bits per heavy atom. The van der Waals surface area contributed by atoms with Gasteiger partial charge in [0.05, 0.1) is 27.7 Å². The molecule has 194 valence electrons. The summed E-state index contributed by atoms with van der Waals surface area (Å²) < 4.78 is 41.0. The molecule has 1 atom stereocenters. The topological polar surface area (TPSA) is 59.8 Å². The molecule has 2 aromatic heterocycles. The van der Waals surface area contributed by atoms with Crippen molar-refractivity contribution < 1.29 is 18.0 Å². The quantitative estimate of drug-likeness (QED) is 0.163. The van der Waals surface area contributed by atoms with E-state index in [0.717, 1.165) is 37.8 Å². The van der Waals surface area contributed by atoms with E-state index in [0.29, 0.717) is 45.3 Å². The standard InChI is InChI=1S/C27H25Cl2F3N4O/c28-14-4-2-1-3-8-22(18-10-12-19(13-11-18)27(30,31)32)35-25(37)20-17-36(26-33-15-6-16-34-26)23-9-5-7-21(29)24(20)23/h5-7,9-13,15-17,22H,1-4,8,14H2,(H,35,37). The van der Waals surface area contributed by atoms with Crippen molar-refractivity contribution in [2.24, 2.45) is 0 Å². The van der Waals surface area contributed by atoms with Gasteiger partial charge in [0.15, 0.2) is 0 Å². The molecule has 0 aliphatic heterocycles. The molecule has 1 N–H and O–H groups in total. The van der Waals surface area contributed by atoms with Gasteiger partial charge in [-0.05, 0) is 48.7 Å². The van der Waals surface area contributed by atoms with E-state index in [9.17, 15) is 18.0 Å². The van der Waals surface area contributed by atoms with Gasteiger partial charge in [-0.3, -0.25) is 9.36 Å². The number of halogens is 5. The van der Waals surface area contributed by atoms with Crippen molar-refractivity contribution in [2.45, 2.75) is 44.3 Å². The molecule has 5 nitrogen and oxygen atoms in total. The van der Waals surface area contributed by atoms with E-state index in [1.54, 1.807) is 41.4 Å². The Balaban J connectivity index is 1.65. The van der Waals surface area contributed by atoms with Crippen molar-refractivity contribution in [1.82, 2.24) is 19.9 Å². The smallest absolute Gasteiger partial charge is 0.345 e. The van der Waals surface area contributed by atoms with Crippen LogP contribution in [0.2, 0.25) is 5.02 Å². The lowest BCUT2D eigenvalue weighted by molar-refractivity contribution is -0.137. The summed E-state index contributed by atoms with van der Waals surface area (Å²) in [5.74, 6) is 0.570. The highest BCUT2D eigenvalue weighted by molar-refractivity contribution is 6.37. The molecule has 4 aromatic rings. The van der Waals surface area contributed by atoms with Crippen LogP contribution in [0.1, 0.15) is 59.6 Å². The third-order valence-corrected chi connectivity index (χ3v) is 6.70. The summed E-state index contributed by atoms with van der Waals surface area (Å²) in [6.45, 7) is 0. The van der Waals surface area contributed by atoms with E-state index >= 15 is 0 Å². The molecular formula is C27H25Cl2F3N4O. The Bertz CT molecular complexity index is 1340. The van der Waals surface area contributed by atoms with Crippen LogP contribution >= 0.6 is 23.2 Å². The molecule has 0 saturated heterocycles. The second-order valence-corrected chi connectivity index (χ2v) is 9.42. The Labute approximate surface area is 222 Å². The van der Waals surface area contributed by atoms with Crippen LogP contribution in [-0.2, 0) is 6.18 Å². The number of carbonyl (C=O) groups excluding carboxylic acids is 1. The van der Waals surface area contributed by atoms with Crippen LogP contribution in [0.3, 0.4) is 0 Å². The van der Waals surface area contributed by atoms with Crippen LogP contribution in [0.4, 0.5) is 13.2 Å². The number of hydrogen-bond donors (Lipinski definition) is 1. The van der Waals surface area contributed by atoms with Crippen LogP contribution < -0.4 is 5.32 Å². The average Bonchev–Trinajstić information content (AvgIpc) is 3.29. The molecule has 37 heavy (non-hydrogen) atoms. The van der Waals surface area contributed by atoms with E-state index < -0.39 is 23.7 Å². The SMILES string of the molecule is O=C(NC(CCCCCCCl)c1ccc(C(F)(F)F)cc1)c1cn(-c2ncccn2)c2cccc(Cl)c12. The summed E-state index contributed by atoms with van der Waals surface area (Å²) >= 11 is 12.3. The second-order valence-electron chi connectivity index (χ2n) is 8.63. The lowest BCUT2D eigenvalue weighted by atomic mass is 9.98. The third kappa shape index (κ3) is 6.43. The number of aromatic nitrogens is 3. The zero-order valence-electron chi connectivity index (χ0n) is 19.8. The molecule has 4 rings (SSSR count). The molecule has 0 aliphatic rings. The van der Waals surface area contributed by atoms with Gasteiger partial charge in [-0.1, -0.05) is 49.1 Å². The van der Waals surface area contributed by atoms with E-state index in [-0.39, 0.29) is 0 Å². The highest BCUT2D eigenvalue weighted by Gasteiger charge is 2.30. The maximum Gasteiger partial charge on any atom is 0.416 e. The number of amides is 1. The van der Waals surface area contributed by atoms with Crippen molar-refractivity contribution in [1.29, 1.82) is 0 Å². The van der Waals surface area contributed by atoms with Crippen LogP contribution in [0.25, 0.3) is 16.9 Å². The minimum absolute atomic E-state index is 0.326. The van der Waals surface area contributed by atoms with Crippen molar-refractivity contribution in [2.75, 3.05) is 5.88 Å². The van der Waals surface area contributed by atoms with Gasteiger partial charge in [0.25, 0.3) is 5.91 Å². The number of nitrogens with one attached hydrogen (secondary N) is 1. The minimum atomic E-state index is -4.43. The molecule has 1 unspecified atom stereocenters. The number of unbranched alkanes of at least 4 members (excludes halogenated alkanes) is 3. The number of carbonyl (C=O) groups is 1. The van der Waals surface area contributed by atoms with E-state index in [2.05, 4.69) is 15.3 Å². The van der Waals surface area contributed by atoms with Gasteiger partial charge in [0.2, 0.25) is 5.95 Å². The average molecular weight is 549 g/mol. The second kappa shape index (κ2) is 12.0. The van der Waals surface area contributed by atoms with Crippen molar-refractivity contribution in [3.8, 4) is 5.95 Å². The summed E-state index contributed by atoms with van der Waals surface area (Å²) in [5, 5.41) is 3.96. The Hall–Kier alpha value is -3.10. The highest BCUT2D eigenvalue weighted by atomic mass is 35.5. The van der Waals surface area contributed by atoms with Gasteiger partial charge < -0.3 is 5.32 Å². The van der Waals surface area contributed by atoms with Crippen molar-refractivity contribution >= 4 is 40.0 Å². The first-order valence-electron chi connectivity index (χ1n) is 11.9. The molecule has 0 bridgehead atoms. The van der Waals surface area contributed by atoms with Crippen LogP contribution in [-0.4, -0.2) is 26.3 Å². The summed E-state index contributed by atoms with van der Waals surface area (Å²) in [7, 11) is 0. The minimum Gasteiger partial charge on any atom is -0.345 e. The van der Waals surface area contributed by atoms with Crippen LogP contribution in [0.15, 0.2) is 67.1 Å². The van der Waals surface area contributed by atoms with Gasteiger partial charge in [-0.2, -0.15) is 13.2 Å². The molecular weight excluding hydrogens is 524 g/mol. The molecule has 0 saturated carbocycles. The predicted octanol–water partition coefficient (Wildman–Crippen LogP) is 7.75. The van der Waals surface area contributed by atoms with Gasteiger partial charge >= 0.3 is 6.18 Å². The molecule has 0 aliphatic carbocycles. The number of rotatable bonds is 10. The van der Waals surface area contributed by atoms with E-state index in [1.807, 2.05) is 6.07 Å². The Morgan fingerprint density at radius 3 is 2.35 bits per heavy atom. The lowest BCUT2D eigenvalue weighted by Crippen LogP contribution is -2.28. The summed E-state index contributed by atoms with van der Waals surface area (Å²) in [4.78, 5) is 22.1. The van der Waals surface area contributed by atoms with Gasteiger partial charge in [-0.25, -0.2) is 9.97 Å². The first-order valence-corrected chi connectivity index (χ1v) is 12.8. The molecule has 2 aromatic carbocycles. The summed E-state index contributed by atoms with van der Waals surface area (Å²) in [6.07, 6.45) is 4.47. The van der Waals surface area contributed by atoms with Gasteiger partial charge in [-0.15, -0.1) is 11.6 Å². The zero-order valence-corrected chi connectivity index (χ0v) is 21.3. The Kier molecular flexibility index (Phi) is 8.71. The van der Waals surface area contributed by atoms with Crippen molar-refractivity contribution in [3.05, 3.63) is 88.8 Å². The predicted molar refractivity (Wildman–Crippen MR) is 139 cm³/mol. The fourth-order valence-corrected chi connectivity index (χ4v) is 4.72. The Morgan fingerprint density at radius 2 is 1.68 bits per heavy atom. The molecule has 2 heterocycles. The molecule has 1 amide bonds. The van der Waals surface area contributed by atoms with E-state index in [1.165, 1.54) is 12.1 Å². The summed E-state index contributed by atoms with van der Waals surface area (Å²) in [5.41, 5.74) is 0.851. The number of nitrogens with zero attached hydrogens (tertiary/aromatic N) is 3. The zero-order chi connectivity index (χ0) is 26.4. The largest absolute Gasteiger partial charge is 0.416 e. The maximum absolute atomic E-state index is 13.6. The number of alkyl halides is 4. The fraction of sp³-hybridized carbons (Fsp3) is 0.296. The fourth-order valence-electron chi connectivity index (χ4n) is 4.26. The monoisotopic (exact) mass is 548 g/mol. The molecule has 10 heteroatoms. The molecule has 0 spiro atoms. The lowest BCUT2D eigenvalue weighted by Gasteiger charge is -2.20. The first kappa shape index (κ1) is 26.9. The number of hydrogen-bond acceptors (Lipinski definition) is 3. The maximum atomic E-state index is 13.6. The van der Waals surface area contributed by atoms with E-state index in [4.69, 9.17) is 23.2 Å². The molecule has 0 fully saturated rings. The highest BCUT2D eigenvalue weighted by Crippen LogP contribution is 2.33. The van der Waals surface area contributed by atoms with Gasteiger partial charge in [0.1, 0.15) is 0 Å². The number of benzene rings is 2. The van der Waals surface area contributed by atoms with Crippen LogP contribution in [0.5, 0.6) is 0 Å². The first-order chi connectivity index (χ1) is 17.8. The molecule has 0 radical (unpaired) electrons. The van der Waals surface area contributed by atoms with Crippen LogP contribution in [0, 0.1) is 0 Å². The summed E-state index contributed by atoms with van der Waals surface area (Å²) in [6, 6.07) is 11.4.